The highest BCUT2D eigenvalue weighted by atomic mass is 79.9. The number of nitrogens with zero attached hydrogens (tertiary/aromatic N) is 2. The molecule has 3 rings (SSSR count). The second-order valence-corrected chi connectivity index (χ2v) is 6.30. The van der Waals surface area contributed by atoms with Crippen LogP contribution in [0.4, 0.5) is 5.69 Å². The van der Waals surface area contributed by atoms with Gasteiger partial charge in [-0.3, -0.25) is 9.59 Å². The van der Waals surface area contributed by atoms with Crippen LogP contribution < -0.4 is 4.90 Å². The van der Waals surface area contributed by atoms with Crippen LogP contribution in [0, 0.1) is 0 Å². The van der Waals surface area contributed by atoms with Gasteiger partial charge in [-0.1, -0.05) is 0 Å². The second-order valence-electron chi connectivity index (χ2n) is 5.52. The summed E-state index contributed by atoms with van der Waals surface area (Å²) in [6.07, 6.45) is 1.47. The number of amides is 1. The molecule has 23 heavy (non-hydrogen) atoms. The standard InChI is InChI=1S/C17H17BrN2O3/c1-12(21)13-2-4-15(5-3-13)19-6-8-20(9-7-19)17(22)14-10-16(18)23-11-14/h2-5,10-11H,6-9H2,1H3. The van der Waals surface area contributed by atoms with E-state index in [4.69, 9.17) is 4.42 Å². The predicted molar refractivity (Wildman–Crippen MR) is 91.0 cm³/mol. The van der Waals surface area contributed by atoms with Crippen molar-refractivity contribution in [3.63, 3.8) is 0 Å². The monoisotopic (exact) mass is 376 g/mol. The third-order valence-corrected chi connectivity index (χ3v) is 4.44. The first kappa shape index (κ1) is 15.8. The minimum absolute atomic E-state index is 0.00831. The van der Waals surface area contributed by atoms with Gasteiger partial charge in [0.15, 0.2) is 10.5 Å². The highest BCUT2D eigenvalue weighted by Gasteiger charge is 2.23. The summed E-state index contributed by atoms with van der Waals surface area (Å²) in [6.45, 7) is 4.42. The fourth-order valence-corrected chi connectivity index (χ4v) is 3.02. The summed E-state index contributed by atoms with van der Waals surface area (Å²) in [5.41, 5.74) is 2.36. The Balaban J connectivity index is 1.61. The number of carbonyl (C=O) groups excluding carboxylic acids is 2. The Morgan fingerprint density at radius 2 is 1.70 bits per heavy atom. The largest absolute Gasteiger partial charge is 0.457 e. The van der Waals surface area contributed by atoms with Gasteiger partial charge in [0.1, 0.15) is 6.26 Å². The van der Waals surface area contributed by atoms with Crippen molar-refractivity contribution in [1.29, 1.82) is 0 Å². The minimum atomic E-state index is -0.00831. The quantitative estimate of drug-likeness (QED) is 0.771. The lowest BCUT2D eigenvalue weighted by molar-refractivity contribution is 0.0746. The molecule has 6 heteroatoms. The molecule has 0 spiro atoms. The van der Waals surface area contributed by atoms with E-state index in [1.807, 2.05) is 29.2 Å². The molecule has 5 nitrogen and oxygen atoms in total. The van der Waals surface area contributed by atoms with Crippen molar-refractivity contribution in [3.8, 4) is 0 Å². The van der Waals surface area contributed by atoms with Crippen LogP contribution in [0.25, 0.3) is 0 Å². The summed E-state index contributed by atoms with van der Waals surface area (Å²) >= 11 is 3.21. The Morgan fingerprint density at radius 3 is 2.22 bits per heavy atom. The lowest BCUT2D eigenvalue weighted by Gasteiger charge is -2.36. The van der Waals surface area contributed by atoms with E-state index >= 15 is 0 Å². The van der Waals surface area contributed by atoms with E-state index in [1.54, 1.807) is 13.0 Å². The lowest BCUT2D eigenvalue weighted by atomic mass is 10.1. The number of piperazine rings is 1. The van der Waals surface area contributed by atoms with Crippen LogP contribution in [0.5, 0.6) is 0 Å². The Bertz CT molecular complexity index is 716. The number of benzene rings is 1. The zero-order chi connectivity index (χ0) is 16.4. The first-order chi connectivity index (χ1) is 11.0. The number of ketones is 1. The molecule has 1 aliphatic rings. The van der Waals surface area contributed by atoms with Crippen LogP contribution in [-0.4, -0.2) is 42.8 Å². The van der Waals surface area contributed by atoms with Crippen LogP contribution in [0.3, 0.4) is 0 Å². The molecule has 0 atom stereocenters. The van der Waals surface area contributed by atoms with Crippen molar-refractivity contribution in [2.75, 3.05) is 31.1 Å². The maximum Gasteiger partial charge on any atom is 0.257 e. The summed E-state index contributed by atoms with van der Waals surface area (Å²) in [4.78, 5) is 27.7. The minimum Gasteiger partial charge on any atom is -0.457 e. The van der Waals surface area contributed by atoms with Crippen LogP contribution in [-0.2, 0) is 0 Å². The average molecular weight is 377 g/mol. The van der Waals surface area contributed by atoms with Gasteiger partial charge in [-0.15, -0.1) is 0 Å². The summed E-state index contributed by atoms with van der Waals surface area (Å²) in [5.74, 6) is 0.0595. The number of rotatable bonds is 3. The molecule has 0 bridgehead atoms. The molecule has 1 amide bonds. The number of furan rings is 1. The molecule has 120 valence electrons. The molecule has 0 saturated carbocycles. The van der Waals surface area contributed by atoms with E-state index in [0.717, 1.165) is 18.8 Å². The molecule has 1 aromatic carbocycles. The summed E-state index contributed by atoms with van der Waals surface area (Å²) < 4.78 is 5.69. The summed E-state index contributed by atoms with van der Waals surface area (Å²) in [7, 11) is 0. The lowest BCUT2D eigenvalue weighted by Crippen LogP contribution is -2.48. The van der Waals surface area contributed by atoms with E-state index in [-0.39, 0.29) is 11.7 Å². The molecule has 2 aromatic rings. The van der Waals surface area contributed by atoms with Gasteiger partial charge < -0.3 is 14.2 Å². The Morgan fingerprint density at radius 1 is 1.04 bits per heavy atom. The number of halogens is 1. The van der Waals surface area contributed by atoms with Crippen molar-refractivity contribution < 1.29 is 14.0 Å². The Kier molecular flexibility index (Phi) is 4.52. The fourth-order valence-electron chi connectivity index (χ4n) is 2.68. The smallest absolute Gasteiger partial charge is 0.257 e. The Labute approximate surface area is 143 Å². The van der Waals surface area contributed by atoms with Crippen LogP contribution in [0.15, 0.2) is 45.7 Å². The van der Waals surface area contributed by atoms with Gasteiger partial charge in [-0.2, -0.15) is 0 Å². The van der Waals surface area contributed by atoms with Gasteiger partial charge in [0.2, 0.25) is 0 Å². The Hall–Kier alpha value is -2.08. The second kappa shape index (κ2) is 6.58. The highest BCUT2D eigenvalue weighted by Crippen LogP contribution is 2.20. The van der Waals surface area contributed by atoms with Crippen molar-refractivity contribution in [2.24, 2.45) is 0 Å². The molecule has 2 heterocycles. The van der Waals surface area contributed by atoms with Crippen molar-refractivity contribution in [3.05, 3.63) is 52.4 Å². The number of hydrogen-bond donors (Lipinski definition) is 0. The maximum absolute atomic E-state index is 12.4. The number of anilines is 1. The first-order valence-corrected chi connectivity index (χ1v) is 8.23. The van der Waals surface area contributed by atoms with Gasteiger partial charge in [-0.25, -0.2) is 0 Å². The number of carbonyl (C=O) groups is 2. The molecular weight excluding hydrogens is 360 g/mol. The van der Waals surface area contributed by atoms with E-state index in [2.05, 4.69) is 20.8 Å². The molecule has 1 fully saturated rings. The van der Waals surface area contributed by atoms with Gasteiger partial charge >= 0.3 is 0 Å². The zero-order valence-electron chi connectivity index (χ0n) is 12.8. The van der Waals surface area contributed by atoms with Gasteiger partial charge in [0.05, 0.1) is 5.56 Å². The molecule has 0 radical (unpaired) electrons. The normalized spacial score (nSPS) is 14.9. The number of Topliss-reactive ketones (excluding diaryl/α,β-unsaturated/α-hetero) is 1. The first-order valence-electron chi connectivity index (χ1n) is 7.44. The number of hydrogen-bond acceptors (Lipinski definition) is 4. The van der Waals surface area contributed by atoms with Gasteiger partial charge in [-0.05, 0) is 47.1 Å². The molecular formula is C17H17BrN2O3. The van der Waals surface area contributed by atoms with E-state index in [1.165, 1.54) is 6.26 Å². The summed E-state index contributed by atoms with van der Waals surface area (Å²) in [6, 6.07) is 9.30. The molecule has 1 aromatic heterocycles. The SMILES string of the molecule is CC(=O)c1ccc(N2CCN(C(=O)c3coc(Br)c3)CC2)cc1. The topological polar surface area (TPSA) is 53.8 Å². The van der Waals surface area contributed by atoms with Crippen molar-refractivity contribution in [2.45, 2.75) is 6.92 Å². The molecule has 0 unspecified atom stereocenters. The molecule has 0 aliphatic carbocycles. The van der Waals surface area contributed by atoms with Gasteiger partial charge in [0, 0.05) is 43.5 Å². The van der Waals surface area contributed by atoms with Crippen LogP contribution >= 0.6 is 15.9 Å². The van der Waals surface area contributed by atoms with E-state index in [9.17, 15) is 9.59 Å². The average Bonchev–Trinajstić information content (AvgIpc) is 3.01. The predicted octanol–water partition coefficient (Wildman–Crippen LogP) is 3.21. The van der Waals surface area contributed by atoms with E-state index in [0.29, 0.717) is 28.9 Å². The van der Waals surface area contributed by atoms with Crippen molar-refractivity contribution >= 4 is 33.3 Å². The van der Waals surface area contributed by atoms with E-state index < -0.39 is 0 Å². The zero-order valence-corrected chi connectivity index (χ0v) is 14.4. The van der Waals surface area contributed by atoms with Gasteiger partial charge in [0.25, 0.3) is 5.91 Å². The highest BCUT2D eigenvalue weighted by molar-refractivity contribution is 9.10. The third kappa shape index (κ3) is 3.47. The molecule has 1 aliphatic heterocycles. The van der Waals surface area contributed by atoms with Crippen molar-refractivity contribution in [1.82, 2.24) is 4.90 Å². The van der Waals surface area contributed by atoms with Crippen LogP contribution in [0.2, 0.25) is 0 Å². The molecule has 1 saturated heterocycles. The van der Waals surface area contributed by atoms with Crippen LogP contribution in [0.1, 0.15) is 27.6 Å². The maximum atomic E-state index is 12.4. The summed E-state index contributed by atoms with van der Waals surface area (Å²) in [5, 5.41) is 0. The third-order valence-electron chi connectivity index (χ3n) is 4.02. The molecule has 0 N–H and O–H groups in total. The fraction of sp³-hybridized carbons (Fsp3) is 0.294.